The molecule has 1 rings (SSSR count). The maximum Gasteiger partial charge on any atom is 0.579 e. The number of carbonyl (C=O) groups excluding carboxylic acids is 1. The van der Waals surface area contributed by atoms with E-state index in [0.29, 0.717) is 0 Å². The molecule has 0 bridgehead atoms. The van der Waals surface area contributed by atoms with Gasteiger partial charge in [-0.05, 0) is 19.1 Å². The van der Waals surface area contributed by atoms with Gasteiger partial charge >= 0.3 is 11.6 Å². The molecule has 0 aromatic heterocycles. The third-order valence-corrected chi connectivity index (χ3v) is 2.26. The lowest BCUT2D eigenvalue weighted by atomic mass is 10.0. The van der Waals surface area contributed by atoms with Crippen LogP contribution >= 0.6 is 0 Å². The number of nitrogens with zero attached hydrogens (tertiary/aromatic N) is 2. The van der Waals surface area contributed by atoms with Crippen molar-refractivity contribution in [2.24, 2.45) is 0 Å². The van der Waals surface area contributed by atoms with E-state index < -0.39 is 21.5 Å². The third-order valence-electron chi connectivity index (χ3n) is 2.26. The van der Waals surface area contributed by atoms with Gasteiger partial charge in [0.1, 0.15) is 15.4 Å². The van der Waals surface area contributed by atoms with E-state index in [1.807, 2.05) is 0 Å². The van der Waals surface area contributed by atoms with Gasteiger partial charge in [-0.2, -0.15) is 0 Å². The highest BCUT2D eigenvalue weighted by molar-refractivity contribution is 5.79. The van der Waals surface area contributed by atoms with Gasteiger partial charge in [-0.15, -0.1) is 0 Å². The zero-order valence-corrected chi connectivity index (χ0v) is 9.44. The predicted octanol–water partition coefficient (Wildman–Crippen LogP) is 0.956. The molecule has 0 spiro atoms. The predicted molar refractivity (Wildman–Crippen MR) is 58.7 cm³/mol. The molecule has 0 heterocycles. The van der Waals surface area contributed by atoms with Crippen LogP contribution in [0.4, 0.5) is 0 Å². The van der Waals surface area contributed by atoms with E-state index in [9.17, 15) is 25.0 Å². The maximum absolute atomic E-state index is 11.6. The Hall–Kier alpha value is -2.51. The quantitative estimate of drug-likeness (QED) is 0.334. The minimum absolute atomic E-state index is 0.185. The molecule has 0 N–H and O–H groups in total. The standard InChI is InChI=1S/C10H10N2O6/c1-2-18-9(13)10(11(14)15,12(16)17)8-6-4-3-5-7-8/h3-7H,2H2,1H3. The molecule has 0 aliphatic heterocycles. The molecule has 1 aromatic rings. The Morgan fingerprint density at radius 1 is 1.22 bits per heavy atom. The van der Waals surface area contributed by atoms with Crippen LogP contribution in [0.5, 0.6) is 0 Å². The molecule has 8 nitrogen and oxygen atoms in total. The Balaban J connectivity index is 3.46. The second-order valence-corrected chi connectivity index (χ2v) is 3.27. The molecular formula is C10H10N2O6. The SMILES string of the molecule is CCOC(=O)C(c1ccccc1)([N+](=O)[O-])[N+](=O)[O-]. The molecule has 1 aromatic carbocycles. The van der Waals surface area contributed by atoms with E-state index >= 15 is 0 Å². The van der Waals surface area contributed by atoms with Crippen molar-refractivity contribution in [3.8, 4) is 0 Å². The van der Waals surface area contributed by atoms with Crippen LogP contribution in [0.1, 0.15) is 12.5 Å². The highest BCUT2D eigenvalue weighted by atomic mass is 16.7. The Bertz CT molecular complexity index is 459. The van der Waals surface area contributed by atoms with Crippen molar-refractivity contribution in [2.45, 2.75) is 12.6 Å². The van der Waals surface area contributed by atoms with Gasteiger partial charge in [0, 0.05) is 0 Å². The van der Waals surface area contributed by atoms with Crippen molar-refractivity contribution >= 4 is 5.97 Å². The van der Waals surface area contributed by atoms with Crippen molar-refractivity contribution < 1.29 is 19.4 Å². The maximum atomic E-state index is 11.6. The fourth-order valence-corrected chi connectivity index (χ4v) is 1.45. The molecule has 0 radical (unpaired) electrons. The summed E-state index contributed by atoms with van der Waals surface area (Å²) in [6, 6.07) is 6.55. The number of carbonyl (C=O) groups is 1. The van der Waals surface area contributed by atoms with Crippen molar-refractivity contribution in [3.63, 3.8) is 0 Å². The van der Waals surface area contributed by atoms with Gasteiger partial charge in [-0.1, -0.05) is 18.2 Å². The molecule has 0 saturated heterocycles. The van der Waals surface area contributed by atoms with Crippen LogP contribution in [0.3, 0.4) is 0 Å². The number of rotatable bonds is 5. The van der Waals surface area contributed by atoms with Crippen molar-refractivity contribution in [2.75, 3.05) is 6.61 Å². The second-order valence-electron chi connectivity index (χ2n) is 3.27. The molecule has 0 unspecified atom stereocenters. The minimum Gasteiger partial charge on any atom is -0.455 e. The molecule has 0 atom stereocenters. The average Bonchev–Trinajstić information content (AvgIpc) is 2.30. The van der Waals surface area contributed by atoms with E-state index in [2.05, 4.69) is 4.74 Å². The summed E-state index contributed by atoms with van der Waals surface area (Å²) < 4.78 is 4.46. The van der Waals surface area contributed by atoms with E-state index in [4.69, 9.17) is 0 Å². The van der Waals surface area contributed by atoms with Crippen LogP contribution in [-0.4, -0.2) is 22.4 Å². The minimum atomic E-state index is -3.11. The van der Waals surface area contributed by atoms with Crippen molar-refractivity contribution in [3.05, 3.63) is 56.1 Å². The number of nitro groups is 2. The summed E-state index contributed by atoms with van der Waals surface area (Å²) >= 11 is 0. The van der Waals surface area contributed by atoms with Crippen LogP contribution in [-0.2, 0) is 15.2 Å². The van der Waals surface area contributed by atoms with Gasteiger partial charge in [0.2, 0.25) is 0 Å². The zero-order chi connectivity index (χ0) is 13.8. The average molecular weight is 254 g/mol. The topological polar surface area (TPSA) is 113 Å². The molecule has 0 saturated carbocycles. The fourth-order valence-electron chi connectivity index (χ4n) is 1.45. The van der Waals surface area contributed by atoms with E-state index in [-0.39, 0.29) is 12.2 Å². The Kier molecular flexibility index (Phi) is 3.93. The molecule has 0 aliphatic carbocycles. The van der Waals surface area contributed by atoms with E-state index in [1.165, 1.54) is 25.1 Å². The van der Waals surface area contributed by atoms with Crippen LogP contribution in [0.25, 0.3) is 0 Å². The number of benzene rings is 1. The molecule has 0 amide bonds. The monoisotopic (exact) mass is 254 g/mol. The van der Waals surface area contributed by atoms with Crippen LogP contribution in [0, 0.1) is 20.2 Å². The van der Waals surface area contributed by atoms with Gasteiger partial charge in [-0.25, -0.2) is 4.79 Å². The molecule has 0 fully saturated rings. The summed E-state index contributed by atoms with van der Waals surface area (Å²) in [7, 11) is 0. The number of hydrogen-bond donors (Lipinski definition) is 0. The van der Waals surface area contributed by atoms with Gasteiger partial charge in [-0.3, -0.25) is 20.2 Å². The molecule has 18 heavy (non-hydrogen) atoms. The van der Waals surface area contributed by atoms with E-state index in [0.717, 1.165) is 12.1 Å². The Morgan fingerprint density at radius 3 is 2.11 bits per heavy atom. The second kappa shape index (κ2) is 5.21. The smallest absolute Gasteiger partial charge is 0.455 e. The first-order chi connectivity index (χ1) is 8.47. The summed E-state index contributed by atoms with van der Waals surface area (Å²) in [6.45, 7) is 1.22. The summed E-state index contributed by atoms with van der Waals surface area (Å²) in [5.41, 5.74) is -3.46. The molecule has 96 valence electrons. The van der Waals surface area contributed by atoms with Gasteiger partial charge in [0.05, 0.1) is 6.61 Å². The van der Waals surface area contributed by atoms with Gasteiger partial charge in [0.25, 0.3) is 0 Å². The molecule has 8 heteroatoms. The number of esters is 1. The van der Waals surface area contributed by atoms with Crippen molar-refractivity contribution in [1.82, 2.24) is 0 Å². The highest BCUT2D eigenvalue weighted by Gasteiger charge is 2.67. The number of ether oxygens (including phenoxy) is 1. The molecular weight excluding hydrogens is 244 g/mol. The fraction of sp³-hybridized carbons (Fsp3) is 0.300. The lowest BCUT2D eigenvalue weighted by Crippen LogP contribution is -2.51. The highest BCUT2D eigenvalue weighted by Crippen LogP contribution is 2.27. The first kappa shape index (κ1) is 13.6. The lowest BCUT2D eigenvalue weighted by Gasteiger charge is -2.15. The van der Waals surface area contributed by atoms with E-state index in [1.54, 1.807) is 0 Å². The van der Waals surface area contributed by atoms with Crippen LogP contribution in [0.15, 0.2) is 30.3 Å². The largest absolute Gasteiger partial charge is 0.579 e. The van der Waals surface area contributed by atoms with Gasteiger partial charge < -0.3 is 4.74 Å². The zero-order valence-electron chi connectivity index (χ0n) is 9.44. The van der Waals surface area contributed by atoms with Gasteiger partial charge in [0.15, 0.2) is 0 Å². The summed E-state index contributed by atoms with van der Waals surface area (Å²) in [6.07, 6.45) is 0. The third kappa shape index (κ3) is 1.99. The summed E-state index contributed by atoms with van der Waals surface area (Å²) in [5, 5.41) is 22.1. The Morgan fingerprint density at radius 2 is 1.72 bits per heavy atom. The normalized spacial score (nSPS) is 10.7. The van der Waals surface area contributed by atoms with Crippen molar-refractivity contribution in [1.29, 1.82) is 0 Å². The lowest BCUT2D eigenvalue weighted by molar-refractivity contribution is -0.790. The number of hydrogen-bond acceptors (Lipinski definition) is 6. The summed E-state index contributed by atoms with van der Waals surface area (Å²) in [4.78, 5) is 31.2. The van der Waals surface area contributed by atoms with Crippen LogP contribution in [0.2, 0.25) is 0 Å². The Labute approximate surface area is 101 Å². The van der Waals surface area contributed by atoms with Crippen LogP contribution < -0.4 is 0 Å². The summed E-state index contributed by atoms with van der Waals surface area (Å²) in [5.74, 6) is -1.51. The first-order valence-electron chi connectivity index (χ1n) is 4.99. The molecule has 0 aliphatic rings. The first-order valence-corrected chi connectivity index (χ1v) is 4.99.